The second-order valence-corrected chi connectivity index (χ2v) is 4.70. The fourth-order valence-electron chi connectivity index (χ4n) is 1.53. The number of halogens is 2. The van der Waals surface area contributed by atoms with E-state index >= 15 is 0 Å². The zero-order chi connectivity index (χ0) is 12.1. The number of rotatable bonds is 3. The molecule has 0 aromatic heterocycles. The van der Waals surface area contributed by atoms with Gasteiger partial charge in [0.25, 0.3) is 0 Å². The van der Waals surface area contributed by atoms with E-state index in [1.807, 2.05) is 30.3 Å². The molecule has 0 saturated carbocycles. The van der Waals surface area contributed by atoms with Crippen LogP contribution in [0.1, 0.15) is 16.7 Å². The first-order valence-electron chi connectivity index (χ1n) is 5.37. The molecular formula is C15H12BrCl. The van der Waals surface area contributed by atoms with E-state index < -0.39 is 0 Å². The quantitative estimate of drug-likeness (QED) is 0.526. The first-order chi connectivity index (χ1) is 8.29. The molecule has 0 unspecified atom stereocenters. The van der Waals surface area contributed by atoms with Crippen LogP contribution in [0.15, 0.2) is 48.5 Å². The van der Waals surface area contributed by atoms with Crippen LogP contribution in [0, 0.1) is 0 Å². The van der Waals surface area contributed by atoms with E-state index in [0.29, 0.717) is 0 Å². The van der Waals surface area contributed by atoms with Gasteiger partial charge in [-0.25, -0.2) is 0 Å². The monoisotopic (exact) mass is 306 g/mol. The summed E-state index contributed by atoms with van der Waals surface area (Å²) in [4.78, 5) is 0. The number of hydrogen-bond acceptors (Lipinski definition) is 0. The third-order valence-electron chi connectivity index (χ3n) is 2.49. The van der Waals surface area contributed by atoms with Gasteiger partial charge >= 0.3 is 0 Å². The van der Waals surface area contributed by atoms with Crippen molar-refractivity contribution in [2.24, 2.45) is 0 Å². The van der Waals surface area contributed by atoms with Crippen LogP contribution in [0.5, 0.6) is 0 Å². The van der Waals surface area contributed by atoms with Gasteiger partial charge in [-0.2, -0.15) is 0 Å². The molecule has 17 heavy (non-hydrogen) atoms. The fourth-order valence-corrected chi connectivity index (χ4v) is 2.44. The molecule has 0 N–H and O–H groups in total. The number of hydrogen-bond donors (Lipinski definition) is 0. The molecule has 0 spiro atoms. The summed E-state index contributed by atoms with van der Waals surface area (Å²) in [6.07, 6.45) is 4.15. The van der Waals surface area contributed by atoms with Crippen molar-refractivity contribution < 1.29 is 0 Å². The Morgan fingerprint density at radius 1 is 0.941 bits per heavy atom. The Kier molecular flexibility index (Phi) is 4.41. The largest absolute Gasteiger partial charge is 0.0876 e. The molecule has 86 valence electrons. The lowest BCUT2D eigenvalue weighted by atomic mass is 10.1. The lowest BCUT2D eigenvalue weighted by molar-refractivity contribution is 1.43. The molecule has 0 fully saturated rings. The van der Waals surface area contributed by atoms with Gasteiger partial charge in [-0.15, -0.1) is 0 Å². The highest BCUT2D eigenvalue weighted by atomic mass is 79.9. The van der Waals surface area contributed by atoms with Gasteiger partial charge in [-0.3, -0.25) is 0 Å². The van der Waals surface area contributed by atoms with E-state index in [9.17, 15) is 0 Å². The van der Waals surface area contributed by atoms with Gasteiger partial charge in [-0.1, -0.05) is 82.1 Å². The second kappa shape index (κ2) is 6.04. The Labute approximate surface area is 115 Å². The summed E-state index contributed by atoms with van der Waals surface area (Å²) < 4.78 is 0. The lowest BCUT2D eigenvalue weighted by Crippen LogP contribution is -1.81. The minimum absolute atomic E-state index is 0.786. The van der Waals surface area contributed by atoms with Gasteiger partial charge in [0.2, 0.25) is 0 Å². The van der Waals surface area contributed by atoms with E-state index in [2.05, 4.69) is 46.3 Å². The molecule has 2 rings (SSSR count). The van der Waals surface area contributed by atoms with Gasteiger partial charge in [0, 0.05) is 10.4 Å². The molecule has 2 heteroatoms. The highest BCUT2D eigenvalue weighted by molar-refractivity contribution is 9.08. The van der Waals surface area contributed by atoms with Crippen molar-refractivity contribution in [3.05, 3.63) is 70.2 Å². The topological polar surface area (TPSA) is 0 Å². The standard InChI is InChI=1S/C15H12BrCl/c16-11-14-9-8-13(10-15(14)17)7-6-12-4-2-1-3-5-12/h1-10H,11H2. The summed E-state index contributed by atoms with van der Waals surface area (Å²) in [5.74, 6) is 0. The predicted octanol–water partition coefficient (Wildman–Crippen LogP) is 5.41. The van der Waals surface area contributed by atoms with Gasteiger partial charge in [-0.05, 0) is 22.8 Å². The summed E-state index contributed by atoms with van der Waals surface area (Å²) in [5.41, 5.74) is 3.42. The average molecular weight is 308 g/mol. The highest BCUT2D eigenvalue weighted by Crippen LogP contribution is 2.21. The maximum atomic E-state index is 6.15. The zero-order valence-electron chi connectivity index (χ0n) is 9.24. The Balaban J connectivity index is 2.19. The Hall–Kier alpha value is -1.05. The van der Waals surface area contributed by atoms with Crippen LogP contribution < -0.4 is 0 Å². The van der Waals surface area contributed by atoms with Crippen molar-refractivity contribution in [2.45, 2.75) is 5.33 Å². The molecule has 0 aliphatic carbocycles. The van der Waals surface area contributed by atoms with Crippen molar-refractivity contribution in [3.8, 4) is 0 Å². The molecule has 2 aromatic rings. The molecule has 0 saturated heterocycles. The van der Waals surface area contributed by atoms with Crippen molar-refractivity contribution in [2.75, 3.05) is 0 Å². The van der Waals surface area contributed by atoms with Crippen LogP contribution in [-0.4, -0.2) is 0 Å². The lowest BCUT2D eigenvalue weighted by Gasteiger charge is -2.01. The second-order valence-electron chi connectivity index (χ2n) is 3.73. The van der Waals surface area contributed by atoms with E-state index in [1.165, 1.54) is 5.56 Å². The SMILES string of the molecule is Clc1cc(C=Cc2ccccc2)ccc1CBr. The third kappa shape index (κ3) is 3.45. The minimum Gasteiger partial charge on any atom is -0.0876 e. The Morgan fingerprint density at radius 2 is 1.65 bits per heavy atom. The van der Waals surface area contributed by atoms with Crippen LogP contribution >= 0.6 is 27.5 Å². The Bertz CT molecular complexity index is 518. The average Bonchev–Trinajstić information content (AvgIpc) is 2.38. The highest BCUT2D eigenvalue weighted by Gasteiger charge is 1.98. The predicted molar refractivity (Wildman–Crippen MR) is 79.5 cm³/mol. The summed E-state index contributed by atoms with van der Waals surface area (Å²) in [7, 11) is 0. The van der Waals surface area contributed by atoms with Gasteiger partial charge < -0.3 is 0 Å². The normalized spacial score (nSPS) is 10.9. The summed E-state index contributed by atoms with van der Waals surface area (Å²) in [5, 5.41) is 1.59. The Morgan fingerprint density at radius 3 is 2.29 bits per heavy atom. The molecule has 2 aromatic carbocycles. The molecule has 0 nitrogen and oxygen atoms in total. The third-order valence-corrected chi connectivity index (χ3v) is 3.44. The molecule has 0 radical (unpaired) electrons. The van der Waals surface area contributed by atoms with Crippen molar-refractivity contribution in [3.63, 3.8) is 0 Å². The van der Waals surface area contributed by atoms with Crippen LogP contribution in [-0.2, 0) is 5.33 Å². The van der Waals surface area contributed by atoms with E-state index in [4.69, 9.17) is 11.6 Å². The number of alkyl halides is 1. The zero-order valence-corrected chi connectivity index (χ0v) is 11.6. The van der Waals surface area contributed by atoms with E-state index in [-0.39, 0.29) is 0 Å². The summed E-state index contributed by atoms with van der Waals surface area (Å²) >= 11 is 9.55. The van der Waals surface area contributed by atoms with Gasteiger partial charge in [0.15, 0.2) is 0 Å². The molecular weight excluding hydrogens is 296 g/mol. The first kappa shape index (κ1) is 12.4. The van der Waals surface area contributed by atoms with Crippen LogP contribution in [0.25, 0.3) is 12.2 Å². The van der Waals surface area contributed by atoms with E-state index in [0.717, 1.165) is 21.5 Å². The minimum atomic E-state index is 0.786. The maximum Gasteiger partial charge on any atom is 0.0452 e. The van der Waals surface area contributed by atoms with E-state index in [1.54, 1.807) is 0 Å². The maximum absolute atomic E-state index is 6.15. The van der Waals surface area contributed by atoms with Crippen LogP contribution in [0.4, 0.5) is 0 Å². The summed E-state index contributed by atoms with van der Waals surface area (Å²) in [6, 6.07) is 16.3. The molecule has 0 aliphatic rings. The van der Waals surface area contributed by atoms with Crippen molar-refractivity contribution in [1.29, 1.82) is 0 Å². The molecule has 0 bridgehead atoms. The molecule has 0 atom stereocenters. The van der Waals surface area contributed by atoms with Crippen LogP contribution in [0.2, 0.25) is 5.02 Å². The van der Waals surface area contributed by atoms with Crippen LogP contribution in [0.3, 0.4) is 0 Å². The first-order valence-corrected chi connectivity index (χ1v) is 6.87. The smallest absolute Gasteiger partial charge is 0.0452 e. The van der Waals surface area contributed by atoms with Crippen molar-refractivity contribution >= 4 is 39.7 Å². The molecule has 0 aliphatic heterocycles. The molecule has 0 amide bonds. The fraction of sp³-hybridized carbons (Fsp3) is 0.0667. The number of benzene rings is 2. The van der Waals surface area contributed by atoms with Gasteiger partial charge in [0.1, 0.15) is 0 Å². The molecule has 0 heterocycles. The van der Waals surface area contributed by atoms with Crippen molar-refractivity contribution in [1.82, 2.24) is 0 Å². The summed E-state index contributed by atoms with van der Waals surface area (Å²) in [6.45, 7) is 0. The van der Waals surface area contributed by atoms with Gasteiger partial charge in [0.05, 0.1) is 0 Å².